The van der Waals surface area contributed by atoms with Gasteiger partial charge in [-0.15, -0.1) is 0 Å². The standard InChI is InChI=1S/C16H23FO2/c1-4-11(3)9-16(5-2)10-14(18)13-7-6-12(17)8-15(13)19-16/h6-8,11,14,18H,4-5,9-10H2,1-3H3/t11?,14-,16?/m1/s1. The Hall–Kier alpha value is -1.09. The van der Waals surface area contributed by atoms with Crippen LogP contribution in [0.25, 0.3) is 0 Å². The lowest BCUT2D eigenvalue weighted by Gasteiger charge is -2.41. The lowest BCUT2D eigenvalue weighted by Crippen LogP contribution is -2.42. The number of aliphatic hydroxyl groups is 1. The monoisotopic (exact) mass is 266 g/mol. The van der Waals surface area contributed by atoms with Crippen molar-refractivity contribution in [2.24, 2.45) is 5.92 Å². The van der Waals surface area contributed by atoms with Gasteiger partial charge >= 0.3 is 0 Å². The Balaban J connectivity index is 2.30. The molecule has 2 rings (SSSR count). The number of benzene rings is 1. The van der Waals surface area contributed by atoms with Gasteiger partial charge in [0.05, 0.1) is 6.10 Å². The third-order valence-corrected chi connectivity index (χ3v) is 4.29. The molecule has 0 spiro atoms. The molecule has 1 aliphatic rings. The molecule has 0 bridgehead atoms. The van der Waals surface area contributed by atoms with E-state index in [-0.39, 0.29) is 11.4 Å². The van der Waals surface area contributed by atoms with Crippen LogP contribution in [0.5, 0.6) is 5.75 Å². The predicted molar refractivity (Wildman–Crippen MR) is 73.7 cm³/mol. The van der Waals surface area contributed by atoms with E-state index in [1.807, 2.05) is 0 Å². The molecular formula is C16H23FO2. The van der Waals surface area contributed by atoms with Gasteiger partial charge in [0, 0.05) is 18.1 Å². The average molecular weight is 266 g/mol. The fourth-order valence-electron chi connectivity index (χ4n) is 2.87. The zero-order chi connectivity index (χ0) is 14.0. The Morgan fingerprint density at radius 1 is 1.47 bits per heavy atom. The number of hydrogen-bond donors (Lipinski definition) is 1. The number of halogens is 1. The quantitative estimate of drug-likeness (QED) is 0.883. The van der Waals surface area contributed by atoms with E-state index in [1.165, 1.54) is 12.1 Å². The summed E-state index contributed by atoms with van der Waals surface area (Å²) in [5, 5.41) is 10.3. The maximum absolute atomic E-state index is 13.3. The SMILES string of the molecule is CCC(C)CC1(CC)C[C@@H](O)c2ccc(F)cc2O1. The Morgan fingerprint density at radius 3 is 2.84 bits per heavy atom. The summed E-state index contributed by atoms with van der Waals surface area (Å²) in [4.78, 5) is 0. The van der Waals surface area contributed by atoms with Gasteiger partial charge in [0.2, 0.25) is 0 Å². The van der Waals surface area contributed by atoms with E-state index in [0.717, 1.165) is 19.3 Å². The molecule has 1 heterocycles. The lowest BCUT2D eigenvalue weighted by atomic mass is 9.80. The summed E-state index contributed by atoms with van der Waals surface area (Å²) in [6.45, 7) is 6.41. The van der Waals surface area contributed by atoms with Crippen molar-refractivity contribution >= 4 is 0 Å². The molecule has 0 amide bonds. The minimum Gasteiger partial charge on any atom is -0.487 e. The van der Waals surface area contributed by atoms with E-state index in [9.17, 15) is 9.50 Å². The van der Waals surface area contributed by atoms with E-state index in [0.29, 0.717) is 23.7 Å². The number of aliphatic hydroxyl groups excluding tert-OH is 1. The molecule has 2 nitrogen and oxygen atoms in total. The molecular weight excluding hydrogens is 243 g/mol. The van der Waals surface area contributed by atoms with Crippen molar-refractivity contribution in [2.45, 2.75) is 58.2 Å². The second-order valence-corrected chi connectivity index (χ2v) is 5.76. The largest absolute Gasteiger partial charge is 0.487 e. The van der Waals surface area contributed by atoms with Crippen LogP contribution in [0.3, 0.4) is 0 Å². The molecule has 0 saturated heterocycles. The third kappa shape index (κ3) is 2.92. The number of hydrogen-bond acceptors (Lipinski definition) is 2. The summed E-state index contributed by atoms with van der Waals surface area (Å²) < 4.78 is 19.4. The zero-order valence-electron chi connectivity index (χ0n) is 11.9. The highest BCUT2D eigenvalue weighted by atomic mass is 19.1. The Morgan fingerprint density at radius 2 is 2.21 bits per heavy atom. The highest BCUT2D eigenvalue weighted by molar-refractivity contribution is 5.38. The Labute approximate surface area is 114 Å². The van der Waals surface area contributed by atoms with Gasteiger partial charge in [-0.3, -0.25) is 0 Å². The van der Waals surface area contributed by atoms with Crippen molar-refractivity contribution in [3.05, 3.63) is 29.6 Å². The van der Waals surface area contributed by atoms with Gasteiger partial charge in [0.1, 0.15) is 17.2 Å². The van der Waals surface area contributed by atoms with Crippen LogP contribution in [-0.4, -0.2) is 10.7 Å². The predicted octanol–water partition coefficient (Wildman–Crippen LogP) is 4.23. The normalized spacial score (nSPS) is 27.5. The van der Waals surface area contributed by atoms with Crippen LogP contribution in [0.2, 0.25) is 0 Å². The van der Waals surface area contributed by atoms with Crippen molar-refractivity contribution < 1.29 is 14.2 Å². The molecule has 1 aliphatic heterocycles. The molecule has 1 aromatic rings. The summed E-state index contributed by atoms with van der Waals surface area (Å²) in [6, 6.07) is 4.38. The summed E-state index contributed by atoms with van der Waals surface area (Å²) >= 11 is 0. The van der Waals surface area contributed by atoms with Crippen LogP contribution in [0.15, 0.2) is 18.2 Å². The van der Waals surface area contributed by atoms with Crippen LogP contribution in [0.1, 0.15) is 58.1 Å². The van der Waals surface area contributed by atoms with E-state index in [2.05, 4.69) is 20.8 Å². The number of ether oxygens (including phenoxy) is 1. The summed E-state index contributed by atoms with van der Waals surface area (Å²) in [7, 11) is 0. The van der Waals surface area contributed by atoms with Gasteiger partial charge in [-0.2, -0.15) is 0 Å². The fraction of sp³-hybridized carbons (Fsp3) is 0.625. The minimum atomic E-state index is -0.562. The van der Waals surface area contributed by atoms with Gasteiger partial charge < -0.3 is 9.84 Å². The number of rotatable bonds is 4. The second-order valence-electron chi connectivity index (χ2n) is 5.76. The van der Waals surface area contributed by atoms with Crippen molar-refractivity contribution in [1.82, 2.24) is 0 Å². The van der Waals surface area contributed by atoms with Gasteiger partial charge in [0.25, 0.3) is 0 Å². The first-order valence-electron chi connectivity index (χ1n) is 7.16. The van der Waals surface area contributed by atoms with Crippen LogP contribution >= 0.6 is 0 Å². The average Bonchev–Trinajstić information content (AvgIpc) is 2.38. The maximum Gasteiger partial charge on any atom is 0.128 e. The molecule has 2 unspecified atom stereocenters. The fourth-order valence-corrected chi connectivity index (χ4v) is 2.87. The molecule has 3 atom stereocenters. The van der Waals surface area contributed by atoms with Crippen LogP contribution < -0.4 is 4.74 Å². The summed E-state index contributed by atoms with van der Waals surface area (Å²) in [5.41, 5.74) is 0.338. The first kappa shape index (κ1) is 14.3. The topological polar surface area (TPSA) is 29.5 Å². The Bertz CT molecular complexity index is 446. The van der Waals surface area contributed by atoms with E-state index < -0.39 is 6.10 Å². The maximum atomic E-state index is 13.3. The Kier molecular flexibility index (Phi) is 4.14. The second kappa shape index (κ2) is 5.49. The molecule has 3 heteroatoms. The van der Waals surface area contributed by atoms with Crippen LogP contribution in [-0.2, 0) is 0 Å². The third-order valence-electron chi connectivity index (χ3n) is 4.29. The van der Waals surface area contributed by atoms with Crippen LogP contribution in [0, 0.1) is 11.7 Å². The molecule has 1 aromatic carbocycles. The van der Waals surface area contributed by atoms with Crippen molar-refractivity contribution in [2.75, 3.05) is 0 Å². The van der Waals surface area contributed by atoms with Crippen LogP contribution in [0.4, 0.5) is 4.39 Å². The van der Waals surface area contributed by atoms with Crippen molar-refractivity contribution in [3.8, 4) is 5.75 Å². The first-order valence-corrected chi connectivity index (χ1v) is 7.16. The molecule has 0 fully saturated rings. The van der Waals surface area contributed by atoms with Gasteiger partial charge in [-0.1, -0.05) is 27.2 Å². The van der Waals surface area contributed by atoms with E-state index in [1.54, 1.807) is 6.07 Å². The molecule has 1 N–H and O–H groups in total. The van der Waals surface area contributed by atoms with E-state index >= 15 is 0 Å². The van der Waals surface area contributed by atoms with E-state index in [4.69, 9.17) is 4.74 Å². The summed E-state index contributed by atoms with van der Waals surface area (Å²) in [5.74, 6) is 0.715. The molecule has 0 saturated carbocycles. The zero-order valence-corrected chi connectivity index (χ0v) is 11.9. The first-order chi connectivity index (χ1) is 8.99. The highest BCUT2D eigenvalue weighted by Crippen LogP contribution is 2.44. The van der Waals surface area contributed by atoms with Gasteiger partial charge in [-0.25, -0.2) is 4.39 Å². The van der Waals surface area contributed by atoms with Crippen molar-refractivity contribution in [1.29, 1.82) is 0 Å². The lowest BCUT2D eigenvalue weighted by molar-refractivity contribution is -0.0321. The smallest absolute Gasteiger partial charge is 0.128 e. The molecule has 106 valence electrons. The summed E-state index contributed by atoms with van der Waals surface area (Å²) in [6.07, 6.45) is 2.83. The van der Waals surface area contributed by atoms with Gasteiger partial charge in [0.15, 0.2) is 0 Å². The minimum absolute atomic E-state index is 0.318. The van der Waals surface area contributed by atoms with Crippen molar-refractivity contribution in [3.63, 3.8) is 0 Å². The molecule has 0 aromatic heterocycles. The molecule has 0 aliphatic carbocycles. The molecule has 0 radical (unpaired) electrons. The molecule has 19 heavy (non-hydrogen) atoms. The highest BCUT2D eigenvalue weighted by Gasteiger charge is 2.40. The number of fused-ring (bicyclic) bond motifs is 1. The van der Waals surface area contributed by atoms with Gasteiger partial charge in [-0.05, 0) is 30.9 Å².